The predicted octanol–water partition coefficient (Wildman–Crippen LogP) is 3.76. The first-order valence-corrected chi connectivity index (χ1v) is 11.4. The number of hydrogen-bond donors (Lipinski definition) is 3. The number of aliphatic imine (C=N–C) groups is 1. The van der Waals surface area contributed by atoms with E-state index in [2.05, 4.69) is 20.2 Å². The van der Waals surface area contributed by atoms with Gasteiger partial charge in [-0.3, -0.25) is 14.9 Å². The molecular weight excluding hydrogens is 435 g/mol. The summed E-state index contributed by atoms with van der Waals surface area (Å²) in [5.74, 6) is 6.94. The molecule has 1 saturated carbocycles. The maximum atomic E-state index is 10.1. The summed E-state index contributed by atoms with van der Waals surface area (Å²) < 4.78 is 0. The molecule has 1 aromatic carbocycles. The molecule has 2 aromatic rings. The van der Waals surface area contributed by atoms with E-state index in [1.165, 1.54) is 12.8 Å². The number of phenolic OH excluding ortho intramolecular Hbond substituents is 1. The number of hydrazine groups is 1. The smallest absolute Gasteiger partial charge is 0.133 e. The first kappa shape index (κ1) is 22.1. The van der Waals surface area contributed by atoms with Crippen molar-refractivity contribution in [2.24, 2.45) is 10.8 Å². The molecule has 2 aliphatic rings. The van der Waals surface area contributed by atoms with Crippen LogP contribution in [0.5, 0.6) is 5.75 Å². The Morgan fingerprint density at radius 1 is 1.13 bits per heavy atom. The van der Waals surface area contributed by atoms with Crippen LogP contribution in [0.25, 0.3) is 0 Å². The number of nitrogens with one attached hydrogen (secondary N) is 1. The Balaban J connectivity index is 1.59. The van der Waals surface area contributed by atoms with Gasteiger partial charge in [0.25, 0.3) is 0 Å². The minimum atomic E-state index is -0.164. The Labute approximate surface area is 192 Å². The number of aromatic hydroxyl groups is 1. The quantitative estimate of drug-likeness (QED) is 0.271. The molecule has 1 atom stereocenters. The number of nitrogens with two attached hydrogens (primary N) is 1. The fourth-order valence-electron chi connectivity index (χ4n) is 4.56. The Kier molecular flexibility index (Phi) is 7.17. The summed E-state index contributed by atoms with van der Waals surface area (Å²) in [4.78, 5) is 13.5. The topological polar surface area (TPSA) is 90.0 Å². The molecule has 1 unspecified atom stereocenters. The summed E-state index contributed by atoms with van der Waals surface area (Å²) in [6, 6.07) is 7.46. The Bertz CT molecular complexity index is 906. The third-order valence-electron chi connectivity index (χ3n) is 6.06. The van der Waals surface area contributed by atoms with Gasteiger partial charge in [0.2, 0.25) is 0 Å². The molecule has 0 amide bonds. The number of pyridine rings is 1. The highest BCUT2D eigenvalue weighted by atomic mass is 35.5. The number of piperazine rings is 1. The molecule has 1 aromatic heterocycles. The van der Waals surface area contributed by atoms with Crippen molar-refractivity contribution >= 4 is 34.7 Å². The first-order chi connectivity index (χ1) is 15.1. The number of benzene rings is 1. The fourth-order valence-corrected chi connectivity index (χ4v) is 5.17. The molecule has 4 rings (SSSR count). The van der Waals surface area contributed by atoms with Gasteiger partial charge < -0.3 is 15.4 Å². The van der Waals surface area contributed by atoms with Gasteiger partial charge in [0, 0.05) is 38.6 Å². The molecule has 166 valence electrons. The van der Waals surface area contributed by atoms with Crippen LogP contribution in [0.1, 0.15) is 37.3 Å². The molecule has 0 bridgehead atoms. The summed E-state index contributed by atoms with van der Waals surface area (Å²) in [6.07, 6.45) is 7.82. The third kappa shape index (κ3) is 5.06. The molecule has 0 spiro atoms. The van der Waals surface area contributed by atoms with Crippen molar-refractivity contribution in [2.75, 3.05) is 31.1 Å². The zero-order valence-electron chi connectivity index (χ0n) is 17.3. The zero-order valence-corrected chi connectivity index (χ0v) is 18.9. The highest BCUT2D eigenvalue weighted by Gasteiger charge is 2.31. The lowest BCUT2D eigenvalue weighted by Gasteiger charge is -2.41. The van der Waals surface area contributed by atoms with E-state index in [0.29, 0.717) is 16.1 Å². The average molecular weight is 463 g/mol. The van der Waals surface area contributed by atoms with Crippen molar-refractivity contribution in [3.8, 4) is 5.75 Å². The minimum absolute atomic E-state index is 0.164. The molecule has 0 radical (unpaired) electrons. The van der Waals surface area contributed by atoms with Crippen LogP contribution in [0.15, 0.2) is 41.7 Å². The Hall–Kier alpha value is -2.06. The van der Waals surface area contributed by atoms with Gasteiger partial charge in [-0.15, -0.1) is 0 Å². The molecule has 31 heavy (non-hydrogen) atoms. The first-order valence-electron chi connectivity index (χ1n) is 10.7. The highest BCUT2D eigenvalue weighted by molar-refractivity contribution is 6.38. The molecule has 4 N–H and O–H groups in total. The summed E-state index contributed by atoms with van der Waals surface area (Å²) in [5, 5.41) is 11.2. The van der Waals surface area contributed by atoms with Gasteiger partial charge in [-0.05, 0) is 30.5 Å². The normalized spacial score (nSPS) is 19.6. The van der Waals surface area contributed by atoms with Crippen molar-refractivity contribution < 1.29 is 5.11 Å². The van der Waals surface area contributed by atoms with E-state index in [1.807, 2.05) is 12.1 Å². The molecule has 2 heterocycles. The lowest BCUT2D eigenvalue weighted by atomic mass is 10.0. The van der Waals surface area contributed by atoms with Crippen LogP contribution in [0, 0.1) is 0 Å². The van der Waals surface area contributed by atoms with Gasteiger partial charge in [-0.2, -0.15) is 0 Å². The highest BCUT2D eigenvalue weighted by Crippen LogP contribution is 2.34. The molecule has 9 heteroatoms. The van der Waals surface area contributed by atoms with E-state index in [9.17, 15) is 5.11 Å². The van der Waals surface area contributed by atoms with Gasteiger partial charge in [0.1, 0.15) is 11.6 Å². The van der Waals surface area contributed by atoms with E-state index in [0.717, 1.165) is 56.1 Å². The second-order valence-corrected chi connectivity index (χ2v) is 8.88. The largest absolute Gasteiger partial charge is 0.508 e. The van der Waals surface area contributed by atoms with E-state index in [1.54, 1.807) is 24.5 Å². The molecule has 1 aliphatic carbocycles. The average Bonchev–Trinajstić information content (AvgIpc) is 3.27. The maximum Gasteiger partial charge on any atom is 0.133 e. The number of amidine groups is 1. The van der Waals surface area contributed by atoms with E-state index in [4.69, 9.17) is 34.0 Å². The lowest BCUT2D eigenvalue weighted by molar-refractivity contribution is 0.226. The minimum Gasteiger partial charge on any atom is -0.508 e. The van der Waals surface area contributed by atoms with Crippen LogP contribution in [-0.4, -0.2) is 53.0 Å². The van der Waals surface area contributed by atoms with Gasteiger partial charge in [0.15, 0.2) is 0 Å². The monoisotopic (exact) mass is 462 g/mol. The van der Waals surface area contributed by atoms with Crippen molar-refractivity contribution in [3.63, 3.8) is 0 Å². The van der Waals surface area contributed by atoms with Gasteiger partial charge in [-0.25, -0.2) is 5.84 Å². The number of nitrogens with zero attached hydrogens (tertiary/aromatic N) is 4. The predicted molar refractivity (Wildman–Crippen MR) is 126 cm³/mol. The lowest BCUT2D eigenvalue weighted by Crippen LogP contribution is -2.52. The van der Waals surface area contributed by atoms with Crippen LogP contribution >= 0.6 is 23.2 Å². The van der Waals surface area contributed by atoms with Crippen LogP contribution < -0.4 is 16.2 Å². The van der Waals surface area contributed by atoms with Crippen molar-refractivity contribution in [1.82, 2.24) is 15.3 Å². The Morgan fingerprint density at radius 2 is 1.81 bits per heavy atom. The second kappa shape index (κ2) is 10.0. The fraction of sp³-hybridized carbons (Fsp3) is 0.455. The van der Waals surface area contributed by atoms with Gasteiger partial charge in [-0.1, -0.05) is 48.2 Å². The summed E-state index contributed by atoms with van der Waals surface area (Å²) in [6.45, 7) is 3.03. The summed E-state index contributed by atoms with van der Waals surface area (Å²) in [7, 11) is 0. The molecular formula is C22H28Cl2N6O. The number of halogens is 2. The molecule has 1 saturated heterocycles. The number of phenols is 1. The summed E-state index contributed by atoms with van der Waals surface area (Å²) in [5.41, 5.74) is 4.65. The van der Waals surface area contributed by atoms with E-state index < -0.39 is 0 Å². The molecule has 1 aliphatic heterocycles. The van der Waals surface area contributed by atoms with E-state index in [-0.39, 0.29) is 11.8 Å². The van der Waals surface area contributed by atoms with Crippen molar-refractivity contribution in [2.45, 2.75) is 37.8 Å². The standard InChI is InChI=1S/C22H28Cl2N6O/c23-18-13-26-14-19(24)21(18)30-10-8-29(9-11-30)20(15-4-3-7-17(31)12-15)22(28-25)27-16-5-1-2-6-16/h3-4,7,12-14,16,20,31H,1-2,5-6,8-11,25H2,(H,27,28). The Morgan fingerprint density at radius 3 is 2.42 bits per heavy atom. The maximum absolute atomic E-state index is 10.1. The van der Waals surface area contributed by atoms with E-state index >= 15 is 0 Å². The van der Waals surface area contributed by atoms with Gasteiger partial charge >= 0.3 is 0 Å². The second-order valence-electron chi connectivity index (χ2n) is 8.07. The van der Waals surface area contributed by atoms with Crippen LogP contribution in [0.3, 0.4) is 0 Å². The SMILES string of the molecule is NNC(=NC1CCCC1)C(c1cccc(O)c1)N1CCN(c2c(Cl)cncc2Cl)CC1. The summed E-state index contributed by atoms with van der Waals surface area (Å²) >= 11 is 12.7. The van der Waals surface area contributed by atoms with Gasteiger partial charge in [0.05, 0.1) is 27.8 Å². The number of anilines is 1. The van der Waals surface area contributed by atoms with Crippen LogP contribution in [0.4, 0.5) is 5.69 Å². The third-order valence-corrected chi connectivity index (χ3v) is 6.62. The number of rotatable bonds is 5. The van der Waals surface area contributed by atoms with Crippen LogP contribution in [0.2, 0.25) is 10.0 Å². The van der Waals surface area contributed by atoms with Crippen LogP contribution in [-0.2, 0) is 0 Å². The van der Waals surface area contributed by atoms with Crippen molar-refractivity contribution in [1.29, 1.82) is 0 Å². The van der Waals surface area contributed by atoms with Crippen molar-refractivity contribution in [3.05, 3.63) is 52.3 Å². The number of hydrogen-bond acceptors (Lipinski definition) is 6. The molecule has 2 fully saturated rings. The number of aromatic nitrogens is 1. The molecule has 7 nitrogen and oxygen atoms in total. The zero-order chi connectivity index (χ0) is 21.8.